The quantitative estimate of drug-likeness (QED) is 0.799. The van der Waals surface area contributed by atoms with Crippen molar-refractivity contribution < 1.29 is 5.11 Å². The lowest BCUT2D eigenvalue weighted by Crippen LogP contribution is -2.30. The fourth-order valence-electron chi connectivity index (χ4n) is 2.76. The topological polar surface area (TPSA) is 72.9 Å². The predicted octanol–water partition coefficient (Wildman–Crippen LogP) is 1.26. The van der Waals surface area contributed by atoms with Gasteiger partial charge in [-0.15, -0.1) is 0 Å². The van der Waals surface area contributed by atoms with E-state index >= 15 is 0 Å². The van der Waals surface area contributed by atoms with Crippen molar-refractivity contribution in [2.24, 2.45) is 7.05 Å². The minimum absolute atomic E-state index is 0.0746. The molecule has 1 aliphatic rings. The summed E-state index contributed by atoms with van der Waals surface area (Å²) in [6.07, 6.45) is 4.31. The van der Waals surface area contributed by atoms with E-state index in [1.54, 1.807) is 17.8 Å². The van der Waals surface area contributed by atoms with Crippen LogP contribution in [0.1, 0.15) is 31.7 Å². The highest BCUT2D eigenvalue weighted by atomic mass is 35.5. The van der Waals surface area contributed by atoms with Crippen molar-refractivity contribution in [2.45, 2.75) is 37.8 Å². The van der Waals surface area contributed by atoms with Gasteiger partial charge in [-0.3, -0.25) is 9.13 Å². The molecule has 3 rings (SSSR count). The fourth-order valence-corrected chi connectivity index (χ4v) is 2.89. The number of aryl methyl sites for hydroxylation is 1. The van der Waals surface area contributed by atoms with Gasteiger partial charge in [-0.25, -0.2) is 9.78 Å². The summed E-state index contributed by atoms with van der Waals surface area (Å²) in [6, 6.07) is 0.0746. The summed E-state index contributed by atoms with van der Waals surface area (Å²) in [5, 5.41) is 9.71. The summed E-state index contributed by atoms with van der Waals surface area (Å²) >= 11 is 5.83. The van der Waals surface area contributed by atoms with Gasteiger partial charge >= 0.3 is 5.69 Å². The number of nitrogens with zero attached hydrogens (tertiary/aromatic N) is 4. The van der Waals surface area contributed by atoms with Crippen LogP contribution in [-0.4, -0.2) is 30.3 Å². The normalized spacial score (nSPS) is 23.9. The highest BCUT2D eigenvalue weighted by Crippen LogP contribution is 2.29. The Kier molecular flexibility index (Phi) is 3.06. The molecule has 6 nitrogen and oxygen atoms in total. The van der Waals surface area contributed by atoms with Gasteiger partial charge < -0.3 is 5.11 Å². The van der Waals surface area contributed by atoms with E-state index in [0.717, 1.165) is 12.8 Å². The number of halogens is 1. The monoisotopic (exact) mass is 282 g/mol. The van der Waals surface area contributed by atoms with E-state index in [0.29, 0.717) is 24.0 Å². The van der Waals surface area contributed by atoms with Crippen LogP contribution in [0.25, 0.3) is 11.2 Å². The van der Waals surface area contributed by atoms with Gasteiger partial charge in [0.25, 0.3) is 0 Å². The highest BCUT2D eigenvalue weighted by Gasteiger charge is 2.25. The van der Waals surface area contributed by atoms with Crippen molar-refractivity contribution in [1.29, 1.82) is 0 Å². The van der Waals surface area contributed by atoms with Crippen LogP contribution in [0.4, 0.5) is 0 Å². The van der Waals surface area contributed by atoms with Crippen LogP contribution >= 0.6 is 11.6 Å². The molecule has 1 saturated carbocycles. The number of rotatable bonds is 1. The van der Waals surface area contributed by atoms with Crippen LogP contribution < -0.4 is 5.69 Å². The molecule has 0 amide bonds. The van der Waals surface area contributed by atoms with Gasteiger partial charge in [0.05, 0.1) is 12.3 Å². The molecule has 0 aliphatic heterocycles. The lowest BCUT2D eigenvalue weighted by Gasteiger charge is -2.25. The minimum atomic E-state index is -0.250. The third-order valence-corrected chi connectivity index (χ3v) is 4.02. The molecule has 19 heavy (non-hydrogen) atoms. The number of aliphatic hydroxyl groups is 1. The molecule has 0 aromatic carbocycles. The van der Waals surface area contributed by atoms with E-state index in [1.165, 1.54) is 4.57 Å². The van der Waals surface area contributed by atoms with Crippen LogP contribution in [-0.2, 0) is 7.05 Å². The molecule has 1 fully saturated rings. The van der Waals surface area contributed by atoms with Gasteiger partial charge in [-0.2, -0.15) is 4.98 Å². The summed E-state index contributed by atoms with van der Waals surface area (Å²) in [5.74, 6) is 0. The zero-order valence-corrected chi connectivity index (χ0v) is 11.3. The smallest absolute Gasteiger partial charge is 0.330 e. The van der Waals surface area contributed by atoms with Crippen molar-refractivity contribution in [3.05, 3.63) is 22.0 Å². The maximum absolute atomic E-state index is 12.3. The molecule has 0 atom stereocenters. The lowest BCUT2D eigenvalue weighted by molar-refractivity contribution is 0.110. The SMILES string of the molecule is Cn1c(=O)n([C@H]2CC[C@H](O)CC2)c2nc(Cl)ncc21. The van der Waals surface area contributed by atoms with Crippen LogP contribution in [0.15, 0.2) is 11.0 Å². The second kappa shape index (κ2) is 4.61. The fraction of sp³-hybridized carbons (Fsp3) is 0.583. The molecular formula is C12H15ClN4O2. The van der Waals surface area contributed by atoms with E-state index in [9.17, 15) is 9.90 Å². The molecule has 2 aromatic rings. The highest BCUT2D eigenvalue weighted by molar-refractivity contribution is 6.28. The Labute approximate surface area is 114 Å². The summed E-state index contributed by atoms with van der Waals surface area (Å²) in [4.78, 5) is 20.4. The molecule has 2 heterocycles. The Morgan fingerprint density at radius 2 is 2.05 bits per heavy atom. The third kappa shape index (κ3) is 2.04. The molecule has 7 heteroatoms. The summed E-state index contributed by atoms with van der Waals surface area (Å²) in [6.45, 7) is 0. The molecule has 0 spiro atoms. The second-order valence-corrected chi connectivity index (χ2v) is 5.36. The molecule has 0 saturated heterocycles. The minimum Gasteiger partial charge on any atom is -0.393 e. The van der Waals surface area contributed by atoms with Crippen LogP contribution in [0, 0.1) is 0 Å². The van der Waals surface area contributed by atoms with Crippen LogP contribution in [0.5, 0.6) is 0 Å². The molecule has 102 valence electrons. The first-order chi connectivity index (χ1) is 9.08. The van der Waals surface area contributed by atoms with Gasteiger partial charge in [0.15, 0.2) is 5.65 Å². The lowest BCUT2D eigenvalue weighted by atomic mass is 9.93. The zero-order valence-electron chi connectivity index (χ0n) is 10.6. The summed E-state index contributed by atoms with van der Waals surface area (Å²) < 4.78 is 3.23. The van der Waals surface area contributed by atoms with E-state index < -0.39 is 0 Å². The van der Waals surface area contributed by atoms with Crippen molar-refractivity contribution in [3.63, 3.8) is 0 Å². The van der Waals surface area contributed by atoms with Gasteiger partial charge in [0, 0.05) is 13.1 Å². The average Bonchev–Trinajstić information content (AvgIpc) is 2.63. The zero-order chi connectivity index (χ0) is 13.6. The maximum atomic E-state index is 12.3. The van der Waals surface area contributed by atoms with Gasteiger partial charge in [-0.1, -0.05) is 0 Å². The predicted molar refractivity (Wildman–Crippen MR) is 71.3 cm³/mol. The standard InChI is InChI=1S/C12H15ClN4O2/c1-16-9-6-14-11(13)15-10(9)17(12(16)19)7-2-4-8(18)5-3-7/h6-8,18H,2-5H2,1H3/t7-,8-. The number of fused-ring (bicyclic) bond motifs is 1. The van der Waals surface area contributed by atoms with Gasteiger partial charge in [-0.05, 0) is 37.3 Å². The first-order valence-corrected chi connectivity index (χ1v) is 6.73. The van der Waals surface area contributed by atoms with Gasteiger partial charge in [0.2, 0.25) is 5.28 Å². The van der Waals surface area contributed by atoms with E-state index in [-0.39, 0.29) is 23.1 Å². The number of hydrogen-bond donors (Lipinski definition) is 1. The van der Waals surface area contributed by atoms with E-state index in [1.807, 2.05) is 0 Å². The molecule has 0 unspecified atom stereocenters. The maximum Gasteiger partial charge on any atom is 0.330 e. The number of imidazole rings is 1. The van der Waals surface area contributed by atoms with Crippen molar-refractivity contribution in [2.75, 3.05) is 0 Å². The third-order valence-electron chi connectivity index (χ3n) is 3.83. The summed E-state index contributed by atoms with van der Waals surface area (Å²) in [5.41, 5.74) is 1.15. The first kappa shape index (κ1) is 12.6. The van der Waals surface area contributed by atoms with Crippen LogP contribution in [0.2, 0.25) is 5.28 Å². The Hall–Kier alpha value is -1.40. The molecule has 1 N–H and O–H groups in total. The van der Waals surface area contributed by atoms with Crippen molar-refractivity contribution in [1.82, 2.24) is 19.1 Å². The van der Waals surface area contributed by atoms with Crippen molar-refractivity contribution >= 4 is 22.8 Å². The second-order valence-electron chi connectivity index (χ2n) is 5.02. The number of aromatic nitrogens is 4. The molecule has 1 aliphatic carbocycles. The Balaban J connectivity index is 2.15. The molecule has 2 aromatic heterocycles. The molecule has 0 bridgehead atoms. The molecular weight excluding hydrogens is 268 g/mol. The van der Waals surface area contributed by atoms with E-state index in [4.69, 9.17) is 11.6 Å². The number of hydrogen-bond acceptors (Lipinski definition) is 4. The van der Waals surface area contributed by atoms with E-state index in [2.05, 4.69) is 9.97 Å². The average molecular weight is 283 g/mol. The first-order valence-electron chi connectivity index (χ1n) is 6.35. The Bertz CT molecular complexity index is 670. The largest absolute Gasteiger partial charge is 0.393 e. The Morgan fingerprint density at radius 3 is 2.74 bits per heavy atom. The Morgan fingerprint density at radius 1 is 1.37 bits per heavy atom. The number of aliphatic hydroxyl groups excluding tert-OH is 1. The molecule has 0 radical (unpaired) electrons. The van der Waals surface area contributed by atoms with Crippen molar-refractivity contribution in [3.8, 4) is 0 Å². The summed E-state index contributed by atoms with van der Waals surface area (Å²) in [7, 11) is 1.70. The van der Waals surface area contributed by atoms with Crippen LogP contribution in [0.3, 0.4) is 0 Å². The van der Waals surface area contributed by atoms with Gasteiger partial charge in [0.1, 0.15) is 5.52 Å².